The first-order valence-electron chi connectivity index (χ1n) is 6.50. The summed E-state index contributed by atoms with van der Waals surface area (Å²) in [4.78, 5) is 34.3. The molecule has 0 saturated heterocycles. The van der Waals surface area contributed by atoms with Crippen molar-refractivity contribution in [3.05, 3.63) is 34.9 Å². The zero-order valence-electron chi connectivity index (χ0n) is 12.0. The highest BCUT2D eigenvalue weighted by molar-refractivity contribution is 5.98. The van der Waals surface area contributed by atoms with Crippen LogP contribution in [-0.2, 0) is 9.59 Å². The van der Waals surface area contributed by atoms with E-state index in [1.165, 1.54) is 6.92 Å². The molecule has 1 atom stereocenters. The van der Waals surface area contributed by atoms with Crippen molar-refractivity contribution in [3.63, 3.8) is 0 Å². The summed E-state index contributed by atoms with van der Waals surface area (Å²) in [5, 5.41) is 2.44. The van der Waals surface area contributed by atoms with Gasteiger partial charge in [0.05, 0.1) is 0 Å². The van der Waals surface area contributed by atoms with Crippen molar-refractivity contribution in [2.45, 2.75) is 39.7 Å². The number of amides is 2. The molecule has 0 bridgehead atoms. The Hall–Kier alpha value is -2.17. The van der Waals surface area contributed by atoms with Gasteiger partial charge in [0.15, 0.2) is 5.78 Å². The number of ketones is 1. The van der Waals surface area contributed by atoms with Crippen molar-refractivity contribution >= 4 is 17.6 Å². The van der Waals surface area contributed by atoms with Crippen LogP contribution in [0.4, 0.5) is 0 Å². The van der Waals surface area contributed by atoms with Gasteiger partial charge >= 0.3 is 0 Å². The molecule has 1 rings (SSSR count). The third-order valence-corrected chi connectivity index (χ3v) is 3.21. The van der Waals surface area contributed by atoms with E-state index in [0.29, 0.717) is 5.56 Å². The van der Waals surface area contributed by atoms with Gasteiger partial charge in [-0.05, 0) is 38.0 Å². The third-order valence-electron chi connectivity index (χ3n) is 3.21. The molecule has 0 aliphatic carbocycles. The number of primary amides is 1. The Morgan fingerprint density at radius 2 is 1.80 bits per heavy atom. The van der Waals surface area contributed by atoms with Crippen molar-refractivity contribution in [1.82, 2.24) is 5.32 Å². The Kier molecular flexibility index (Phi) is 5.43. The first-order valence-corrected chi connectivity index (χ1v) is 6.50. The molecule has 0 aromatic heterocycles. The molecule has 5 heteroatoms. The van der Waals surface area contributed by atoms with E-state index in [2.05, 4.69) is 5.32 Å². The third kappa shape index (κ3) is 4.50. The molecule has 0 spiro atoms. The highest BCUT2D eigenvalue weighted by atomic mass is 16.2. The van der Waals surface area contributed by atoms with E-state index < -0.39 is 11.9 Å². The first-order chi connectivity index (χ1) is 9.31. The molecular formula is C15H20N2O3. The molecule has 1 aromatic carbocycles. The maximum absolute atomic E-state index is 12.0. The van der Waals surface area contributed by atoms with Crippen LogP contribution >= 0.6 is 0 Å². The van der Waals surface area contributed by atoms with Crippen LogP contribution < -0.4 is 11.1 Å². The minimum Gasteiger partial charge on any atom is -0.368 e. The normalized spacial score (nSPS) is 11.8. The summed E-state index contributed by atoms with van der Waals surface area (Å²) >= 11 is 0. The van der Waals surface area contributed by atoms with Gasteiger partial charge < -0.3 is 11.1 Å². The number of benzene rings is 1. The molecule has 0 aliphatic rings. The number of carbonyl (C=O) groups is 3. The standard InChI is InChI=1S/C15H20N2O3/c1-9-4-5-12(8-10(9)2)13(18)6-7-14(19)17-11(3)15(16)20/h4-5,8,11H,6-7H2,1-3H3,(H2,16,20)(H,17,19). The van der Waals surface area contributed by atoms with E-state index in [-0.39, 0.29) is 24.5 Å². The number of aryl methyl sites for hydroxylation is 2. The molecule has 2 amide bonds. The monoisotopic (exact) mass is 276 g/mol. The van der Waals surface area contributed by atoms with Crippen molar-refractivity contribution < 1.29 is 14.4 Å². The average molecular weight is 276 g/mol. The fourth-order valence-corrected chi connectivity index (χ4v) is 1.67. The van der Waals surface area contributed by atoms with Gasteiger partial charge in [-0.1, -0.05) is 12.1 Å². The quantitative estimate of drug-likeness (QED) is 0.766. The fourth-order valence-electron chi connectivity index (χ4n) is 1.67. The molecule has 0 saturated carbocycles. The van der Waals surface area contributed by atoms with Gasteiger partial charge in [0, 0.05) is 18.4 Å². The molecule has 1 aromatic rings. The first kappa shape index (κ1) is 15.9. The predicted octanol–water partition coefficient (Wildman–Crippen LogP) is 1.26. The van der Waals surface area contributed by atoms with Crippen LogP contribution in [0.2, 0.25) is 0 Å². The molecule has 1 unspecified atom stereocenters. The number of nitrogens with two attached hydrogens (primary N) is 1. The van der Waals surface area contributed by atoms with Gasteiger partial charge in [-0.2, -0.15) is 0 Å². The van der Waals surface area contributed by atoms with Crippen molar-refractivity contribution in [1.29, 1.82) is 0 Å². The van der Waals surface area contributed by atoms with Gasteiger partial charge in [-0.25, -0.2) is 0 Å². The summed E-state index contributed by atoms with van der Waals surface area (Å²) in [5.41, 5.74) is 7.81. The summed E-state index contributed by atoms with van der Waals surface area (Å²) in [6, 6.07) is 4.74. The Bertz CT molecular complexity index is 538. The van der Waals surface area contributed by atoms with E-state index in [4.69, 9.17) is 5.73 Å². The second-order valence-electron chi connectivity index (χ2n) is 4.91. The molecule has 20 heavy (non-hydrogen) atoms. The molecule has 0 fully saturated rings. The summed E-state index contributed by atoms with van der Waals surface area (Å²) in [7, 11) is 0. The summed E-state index contributed by atoms with van der Waals surface area (Å²) in [6.07, 6.45) is 0.156. The number of nitrogens with one attached hydrogen (secondary N) is 1. The minimum absolute atomic E-state index is 0.0450. The van der Waals surface area contributed by atoms with E-state index in [1.807, 2.05) is 26.0 Å². The number of Topliss-reactive ketones (excluding diaryl/α,β-unsaturated/α-hetero) is 1. The van der Waals surface area contributed by atoms with Crippen LogP contribution in [0, 0.1) is 13.8 Å². The number of carbonyl (C=O) groups excluding carboxylic acids is 3. The van der Waals surface area contributed by atoms with E-state index in [9.17, 15) is 14.4 Å². The van der Waals surface area contributed by atoms with Gasteiger partial charge in [-0.15, -0.1) is 0 Å². The van der Waals surface area contributed by atoms with Crippen LogP contribution in [-0.4, -0.2) is 23.6 Å². The molecule has 108 valence electrons. The largest absolute Gasteiger partial charge is 0.368 e. The van der Waals surface area contributed by atoms with Crippen LogP contribution in [0.15, 0.2) is 18.2 Å². The van der Waals surface area contributed by atoms with E-state index >= 15 is 0 Å². The Morgan fingerprint density at radius 3 is 2.35 bits per heavy atom. The lowest BCUT2D eigenvalue weighted by atomic mass is 10.0. The highest BCUT2D eigenvalue weighted by Crippen LogP contribution is 2.12. The Labute approximate surface area is 118 Å². The van der Waals surface area contributed by atoms with Crippen molar-refractivity contribution in [3.8, 4) is 0 Å². The van der Waals surface area contributed by atoms with Gasteiger partial charge in [0.25, 0.3) is 0 Å². The predicted molar refractivity (Wildman–Crippen MR) is 76.3 cm³/mol. The molecule has 0 radical (unpaired) electrons. The number of rotatable bonds is 6. The van der Waals surface area contributed by atoms with Gasteiger partial charge in [-0.3, -0.25) is 14.4 Å². The van der Waals surface area contributed by atoms with Gasteiger partial charge in [0.2, 0.25) is 11.8 Å². The van der Waals surface area contributed by atoms with Crippen LogP contribution in [0.3, 0.4) is 0 Å². The zero-order chi connectivity index (χ0) is 15.3. The average Bonchev–Trinajstić information content (AvgIpc) is 2.39. The molecule has 0 heterocycles. The lowest BCUT2D eigenvalue weighted by Crippen LogP contribution is -2.42. The maximum Gasteiger partial charge on any atom is 0.239 e. The number of hydrogen-bond acceptors (Lipinski definition) is 3. The van der Waals surface area contributed by atoms with Crippen LogP contribution in [0.25, 0.3) is 0 Å². The molecule has 3 N–H and O–H groups in total. The summed E-state index contributed by atoms with van der Waals surface area (Å²) in [6.45, 7) is 5.42. The highest BCUT2D eigenvalue weighted by Gasteiger charge is 2.14. The topological polar surface area (TPSA) is 89.3 Å². The summed E-state index contributed by atoms with van der Waals surface area (Å²) < 4.78 is 0. The van der Waals surface area contributed by atoms with Gasteiger partial charge in [0.1, 0.15) is 6.04 Å². The lowest BCUT2D eigenvalue weighted by molar-refractivity contribution is -0.126. The Balaban J connectivity index is 2.53. The smallest absolute Gasteiger partial charge is 0.239 e. The SMILES string of the molecule is Cc1ccc(C(=O)CCC(=O)NC(C)C(N)=O)cc1C. The molecule has 5 nitrogen and oxygen atoms in total. The second-order valence-corrected chi connectivity index (χ2v) is 4.91. The molecular weight excluding hydrogens is 256 g/mol. The summed E-state index contributed by atoms with van der Waals surface area (Å²) in [5.74, 6) is -1.04. The van der Waals surface area contributed by atoms with Crippen molar-refractivity contribution in [2.24, 2.45) is 5.73 Å². The Morgan fingerprint density at radius 1 is 1.15 bits per heavy atom. The number of hydrogen-bond donors (Lipinski definition) is 2. The van der Waals surface area contributed by atoms with E-state index in [1.54, 1.807) is 6.07 Å². The van der Waals surface area contributed by atoms with Crippen LogP contribution in [0.1, 0.15) is 41.3 Å². The maximum atomic E-state index is 12.0. The van der Waals surface area contributed by atoms with E-state index in [0.717, 1.165) is 11.1 Å². The molecule has 0 aliphatic heterocycles. The van der Waals surface area contributed by atoms with Crippen LogP contribution in [0.5, 0.6) is 0 Å². The zero-order valence-corrected chi connectivity index (χ0v) is 12.0. The second kappa shape index (κ2) is 6.84. The fraction of sp³-hybridized carbons (Fsp3) is 0.400. The lowest BCUT2D eigenvalue weighted by Gasteiger charge is -2.10. The van der Waals surface area contributed by atoms with Crippen molar-refractivity contribution in [2.75, 3.05) is 0 Å². The minimum atomic E-state index is -0.723.